The van der Waals surface area contributed by atoms with Gasteiger partial charge >= 0.3 is 5.97 Å². The Bertz CT molecular complexity index is 85.8. The summed E-state index contributed by atoms with van der Waals surface area (Å²) in [6, 6.07) is 0. The molecule has 0 rings (SSSR count). The number of hydrogen-bond donors (Lipinski definition) is 1. The van der Waals surface area contributed by atoms with Gasteiger partial charge in [-0.25, -0.2) is 0 Å². The normalized spacial score (nSPS) is 11.2. The predicted octanol–water partition coefficient (Wildman–Crippen LogP) is 2.65. The Kier molecular flexibility index (Phi) is 12.3. The molecule has 0 radical (unpaired) electrons. The number of alkyl halides is 2. The van der Waals surface area contributed by atoms with Crippen LogP contribution in [0, 0.1) is 0 Å². The van der Waals surface area contributed by atoms with Gasteiger partial charge in [-0.1, -0.05) is 45.7 Å². The molecule has 0 heterocycles. The van der Waals surface area contributed by atoms with Gasteiger partial charge in [0.2, 0.25) is 0 Å². The van der Waals surface area contributed by atoms with Gasteiger partial charge in [0.05, 0.1) is 0 Å². The van der Waals surface area contributed by atoms with E-state index in [0.29, 0.717) is 6.42 Å². The Morgan fingerprint density at radius 2 is 2.00 bits per heavy atom. The first-order valence-corrected chi connectivity index (χ1v) is 5.15. The lowest BCUT2D eigenvalue weighted by Crippen LogP contribution is -2.12. The first-order chi connectivity index (χ1) is 4.68. The number of aliphatic carboxylic acids is 1. The number of hydrogen-bond acceptors (Lipinski definition) is 1. The van der Waals surface area contributed by atoms with Crippen molar-refractivity contribution >= 4 is 37.8 Å². The molecule has 0 fully saturated rings. The highest BCUT2D eigenvalue weighted by Crippen LogP contribution is 2.05. The molecular formula is C6H12Br2O2. The van der Waals surface area contributed by atoms with Crippen molar-refractivity contribution in [3.63, 3.8) is 0 Å². The van der Waals surface area contributed by atoms with Crippen molar-refractivity contribution in [1.82, 2.24) is 0 Å². The summed E-state index contributed by atoms with van der Waals surface area (Å²) < 4.78 is 0. The molecule has 0 aromatic heterocycles. The van der Waals surface area contributed by atoms with E-state index in [9.17, 15) is 4.79 Å². The maximum Gasteiger partial charge on any atom is 0.317 e. The fourth-order valence-electron chi connectivity index (χ4n) is 0.219. The third-order valence-corrected chi connectivity index (χ3v) is 1.94. The molecule has 1 N–H and O–H groups in total. The minimum absolute atomic E-state index is 0.401. The van der Waals surface area contributed by atoms with Crippen molar-refractivity contribution in [3.8, 4) is 0 Å². The summed E-state index contributed by atoms with van der Waals surface area (Å²) in [6.45, 7) is 4.00. The van der Waals surface area contributed by atoms with Gasteiger partial charge in [0, 0.05) is 5.33 Å². The second kappa shape index (κ2) is 9.43. The third kappa shape index (κ3) is 8.43. The average molecular weight is 276 g/mol. The Morgan fingerprint density at radius 3 is 2.10 bits per heavy atom. The molecular weight excluding hydrogens is 264 g/mol. The maximum atomic E-state index is 10.0. The fourth-order valence-corrected chi connectivity index (χ4v) is 1.52. The molecule has 0 saturated heterocycles. The molecule has 0 spiro atoms. The van der Waals surface area contributed by atoms with E-state index in [0.717, 1.165) is 5.33 Å². The van der Waals surface area contributed by atoms with Crippen LogP contribution in [0.5, 0.6) is 0 Å². The van der Waals surface area contributed by atoms with Crippen molar-refractivity contribution < 1.29 is 9.90 Å². The van der Waals surface area contributed by atoms with Crippen LogP contribution < -0.4 is 0 Å². The molecule has 0 aromatic carbocycles. The topological polar surface area (TPSA) is 37.3 Å². The van der Waals surface area contributed by atoms with Crippen LogP contribution in [0.2, 0.25) is 0 Å². The second-order valence-corrected chi connectivity index (χ2v) is 3.18. The molecule has 0 aliphatic rings. The van der Waals surface area contributed by atoms with Gasteiger partial charge in [-0.3, -0.25) is 4.79 Å². The Morgan fingerprint density at radius 1 is 1.60 bits per heavy atom. The van der Waals surface area contributed by atoms with E-state index < -0.39 is 10.8 Å². The minimum atomic E-state index is -0.801. The van der Waals surface area contributed by atoms with Crippen molar-refractivity contribution in [2.45, 2.75) is 25.1 Å². The minimum Gasteiger partial charge on any atom is -0.480 e. The largest absolute Gasteiger partial charge is 0.480 e. The van der Waals surface area contributed by atoms with Crippen LogP contribution in [0.15, 0.2) is 0 Å². The number of halogens is 2. The maximum absolute atomic E-state index is 10.0. The zero-order valence-electron chi connectivity index (χ0n) is 6.10. The van der Waals surface area contributed by atoms with Crippen molar-refractivity contribution in [3.05, 3.63) is 0 Å². The summed E-state index contributed by atoms with van der Waals surface area (Å²) in [5, 5.41) is 8.96. The van der Waals surface area contributed by atoms with Gasteiger partial charge in [-0.15, -0.1) is 0 Å². The average Bonchev–Trinajstić information content (AvgIpc) is 1.93. The van der Waals surface area contributed by atoms with E-state index in [2.05, 4.69) is 31.9 Å². The monoisotopic (exact) mass is 274 g/mol. The van der Waals surface area contributed by atoms with Crippen molar-refractivity contribution in [1.29, 1.82) is 0 Å². The van der Waals surface area contributed by atoms with Crippen LogP contribution in [0.3, 0.4) is 0 Å². The molecule has 0 bridgehead atoms. The summed E-state index contributed by atoms with van der Waals surface area (Å²) in [4.78, 5) is 9.62. The van der Waals surface area contributed by atoms with Gasteiger partial charge in [0.15, 0.2) is 0 Å². The smallest absolute Gasteiger partial charge is 0.317 e. The lowest BCUT2D eigenvalue weighted by Gasteiger charge is -1.97. The molecule has 0 amide bonds. The van der Waals surface area contributed by atoms with Gasteiger partial charge in [-0.2, -0.15) is 0 Å². The van der Waals surface area contributed by atoms with Gasteiger partial charge in [-0.05, 0) is 6.42 Å². The van der Waals surface area contributed by atoms with Gasteiger partial charge < -0.3 is 5.11 Å². The highest BCUT2D eigenvalue weighted by Gasteiger charge is 2.10. The Hall–Kier alpha value is 0.430. The van der Waals surface area contributed by atoms with Crippen LogP contribution >= 0.6 is 31.9 Å². The first-order valence-electron chi connectivity index (χ1n) is 3.11. The molecule has 2 nitrogen and oxygen atoms in total. The standard InChI is InChI=1S/C4H6Br2O2.C2H6/c5-2-1-3(6)4(7)8;1-2/h3H,1-2H2,(H,7,8);1-2H3. The Balaban J connectivity index is 0. The zero-order valence-corrected chi connectivity index (χ0v) is 9.27. The zero-order chi connectivity index (χ0) is 8.57. The first kappa shape index (κ1) is 13.1. The van der Waals surface area contributed by atoms with Crippen LogP contribution in [0.1, 0.15) is 20.3 Å². The van der Waals surface area contributed by atoms with Crippen molar-refractivity contribution in [2.24, 2.45) is 0 Å². The van der Waals surface area contributed by atoms with Crippen LogP contribution in [0.4, 0.5) is 0 Å². The summed E-state index contributed by atoms with van der Waals surface area (Å²) in [5.74, 6) is -0.801. The van der Waals surface area contributed by atoms with Crippen molar-refractivity contribution in [2.75, 3.05) is 5.33 Å². The number of carboxylic acid groups (broad SMARTS) is 1. The Labute approximate surface area is 78.3 Å². The second-order valence-electron chi connectivity index (χ2n) is 1.28. The molecule has 62 valence electrons. The quantitative estimate of drug-likeness (QED) is 0.804. The predicted molar refractivity (Wildman–Crippen MR) is 50.1 cm³/mol. The molecule has 1 atom stereocenters. The lowest BCUT2D eigenvalue weighted by atomic mass is 10.3. The van der Waals surface area contributed by atoms with E-state index in [4.69, 9.17) is 5.11 Å². The van der Waals surface area contributed by atoms with E-state index in [1.54, 1.807) is 0 Å². The lowest BCUT2D eigenvalue weighted by molar-refractivity contribution is -0.136. The number of rotatable bonds is 3. The molecule has 0 saturated carbocycles. The molecule has 0 aliphatic carbocycles. The number of carboxylic acids is 1. The van der Waals surface area contributed by atoms with E-state index >= 15 is 0 Å². The van der Waals surface area contributed by atoms with E-state index in [1.165, 1.54) is 0 Å². The summed E-state index contributed by atoms with van der Waals surface area (Å²) >= 11 is 6.10. The summed E-state index contributed by atoms with van der Waals surface area (Å²) in [7, 11) is 0. The SMILES string of the molecule is CC.O=C(O)C(Br)CCBr. The molecule has 1 unspecified atom stereocenters. The highest BCUT2D eigenvalue weighted by molar-refractivity contribution is 9.10. The van der Waals surface area contributed by atoms with E-state index in [-0.39, 0.29) is 0 Å². The van der Waals surface area contributed by atoms with Gasteiger partial charge in [0.25, 0.3) is 0 Å². The third-order valence-electron chi connectivity index (χ3n) is 0.631. The summed E-state index contributed by atoms with van der Waals surface area (Å²) in [5.41, 5.74) is 0. The highest BCUT2D eigenvalue weighted by atomic mass is 79.9. The number of carbonyl (C=O) groups is 1. The molecule has 0 aromatic rings. The molecule has 0 aliphatic heterocycles. The van der Waals surface area contributed by atoms with Crippen LogP contribution in [-0.2, 0) is 4.79 Å². The molecule has 4 heteroatoms. The fraction of sp³-hybridized carbons (Fsp3) is 0.833. The van der Waals surface area contributed by atoms with Gasteiger partial charge in [0.1, 0.15) is 4.83 Å². The molecule has 10 heavy (non-hydrogen) atoms. The van der Waals surface area contributed by atoms with E-state index in [1.807, 2.05) is 13.8 Å². The van der Waals surface area contributed by atoms with Crippen LogP contribution in [0.25, 0.3) is 0 Å². The summed E-state index contributed by atoms with van der Waals surface area (Å²) in [6.07, 6.45) is 0.620. The van der Waals surface area contributed by atoms with Crippen LogP contribution in [-0.4, -0.2) is 21.2 Å².